The minimum absolute atomic E-state index is 0.331. The van der Waals surface area contributed by atoms with E-state index >= 15 is 0 Å². The second-order valence-corrected chi connectivity index (χ2v) is 6.80. The molecule has 0 bridgehead atoms. The molecule has 0 aliphatic heterocycles. The second-order valence-electron chi connectivity index (χ2n) is 6.80. The van der Waals surface area contributed by atoms with E-state index in [0.717, 1.165) is 41.0 Å². The number of pyridine rings is 2. The number of nitrogens with zero attached hydrogens (tertiary/aromatic N) is 2. The van der Waals surface area contributed by atoms with Gasteiger partial charge in [0.1, 0.15) is 11.3 Å². The van der Waals surface area contributed by atoms with E-state index in [0.29, 0.717) is 23.5 Å². The van der Waals surface area contributed by atoms with Crippen molar-refractivity contribution in [2.45, 2.75) is 32.2 Å². The Kier molecular flexibility index (Phi) is 4.48. The van der Waals surface area contributed by atoms with Gasteiger partial charge in [-0.05, 0) is 44.0 Å². The maximum Gasteiger partial charge on any atom is 0.339 e. The number of halogens is 1. The molecule has 0 atom stereocenters. The first-order valence-electron chi connectivity index (χ1n) is 8.94. The minimum atomic E-state index is -0.352. The van der Waals surface area contributed by atoms with Gasteiger partial charge in [0.2, 0.25) is 0 Å². The molecule has 3 aromatic rings. The lowest BCUT2D eigenvalue weighted by molar-refractivity contribution is 0.0598. The van der Waals surface area contributed by atoms with Crippen molar-refractivity contribution in [2.24, 2.45) is 0 Å². The third-order valence-electron chi connectivity index (χ3n) is 4.73. The summed E-state index contributed by atoms with van der Waals surface area (Å²) in [6, 6.07) is 10.4. The predicted octanol–water partition coefficient (Wildman–Crippen LogP) is 4.35. The summed E-state index contributed by atoms with van der Waals surface area (Å²) < 4.78 is 18.9. The number of para-hydroxylation sites is 1. The Morgan fingerprint density at radius 1 is 1.26 bits per heavy atom. The van der Waals surface area contributed by atoms with Crippen molar-refractivity contribution in [3.63, 3.8) is 0 Å². The van der Waals surface area contributed by atoms with Gasteiger partial charge in [-0.1, -0.05) is 12.1 Å². The Labute approximate surface area is 156 Å². The summed E-state index contributed by atoms with van der Waals surface area (Å²) in [5.41, 5.74) is 4.07. The topological polar surface area (TPSA) is 64.1 Å². The van der Waals surface area contributed by atoms with Crippen molar-refractivity contribution in [1.29, 1.82) is 0 Å². The summed E-state index contributed by atoms with van der Waals surface area (Å²) in [5.74, 6) is -0.358. The average Bonchev–Trinajstić information content (AvgIpc) is 3.51. The van der Waals surface area contributed by atoms with Gasteiger partial charge in [-0.2, -0.15) is 0 Å². The van der Waals surface area contributed by atoms with Crippen LogP contribution in [0.4, 0.5) is 10.1 Å². The molecule has 0 unspecified atom stereocenters. The number of aryl methyl sites for hydroxylation is 1. The second kappa shape index (κ2) is 6.95. The Balaban J connectivity index is 1.63. The Hall–Kier alpha value is -3.02. The standard InChI is InChI=1S/C21H20FN3O2/c1-12-10-18(15-4-3-5-17(22)20(15)24-12)23-11-14-8-9-16(21(26)27-2)19(25-14)13-6-7-13/h3-5,8-10,13H,6-7,11H2,1-2H3,(H,23,24). The lowest BCUT2D eigenvalue weighted by Gasteiger charge is -2.13. The van der Waals surface area contributed by atoms with Gasteiger partial charge in [0.05, 0.1) is 30.6 Å². The van der Waals surface area contributed by atoms with Crippen LogP contribution in [0.5, 0.6) is 0 Å². The maximum atomic E-state index is 14.1. The van der Waals surface area contributed by atoms with Gasteiger partial charge in [0.15, 0.2) is 0 Å². The molecule has 2 heterocycles. The first kappa shape index (κ1) is 17.4. The quantitative estimate of drug-likeness (QED) is 0.681. The minimum Gasteiger partial charge on any atom is -0.465 e. The van der Waals surface area contributed by atoms with Crippen molar-refractivity contribution in [1.82, 2.24) is 9.97 Å². The number of ether oxygens (including phenoxy) is 1. The smallest absolute Gasteiger partial charge is 0.339 e. The summed E-state index contributed by atoms with van der Waals surface area (Å²) in [6.45, 7) is 2.31. The van der Waals surface area contributed by atoms with E-state index in [4.69, 9.17) is 4.74 Å². The van der Waals surface area contributed by atoms with E-state index in [9.17, 15) is 9.18 Å². The van der Waals surface area contributed by atoms with E-state index in [1.54, 1.807) is 12.1 Å². The third-order valence-corrected chi connectivity index (χ3v) is 4.73. The SMILES string of the molecule is COC(=O)c1ccc(CNc2cc(C)nc3c(F)cccc23)nc1C1CC1. The molecule has 27 heavy (non-hydrogen) atoms. The number of hydrogen-bond donors (Lipinski definition) is 1. The molecule has 0 saturated heterocycles. The van der Waals surface area contributed by atoms with Crippen LogP contribution in [0.2, 0.25) is 0 Å². The molecule has 1 aromatic carbocycles. The van der Waals surface area contributed by atoms with Crippen LogP contribution in [-0.2, 0) is 11.3 Å². The number of hydrogen-bond acceptors (Lipinski definition) is 5. The third kappa shape index (κ3) is 3.47. The maximum absolute atomic E-state index is 14.1. The monoisotopic (exact) mass is 365 g/mol. The predicted molar refractivity (Wildman–Crippen MR) is 101 cm³/mol. The lowest BCUT2D eigenvalue weighted by atomic mass is 10.1. The molecular formula is C21H20FN3O2. The highest BCUT2D eigenvalue weighted by atomic mass is 19.1. The fourth-order valence-corrected chi connectivity index (χ4v) is 3.24. The molecule has 6 heteroatoms. The molecule has 1 aliphatic rings. The number of aromatic nitrogens is 2. The number of rotatable bonds is 5. The molecule has 1 saturated carbocycles. The summed E-state index contributed by atoms with van der Waals surface area (Å²) in [4.78, 5) is 20.9. The van der Waals surface area contributed by atoms with Crippen LogP contribution < -0.4 is 5.32 Å². The molecule has 2 aromatic heterocycles. The van der Waals surface area contributed by atoms with Crippen LogP contribution in [0.3, 0.4) is 0 Å². The zero-order valence-corrected chi connectivity index (χ0v) is 15.3. The molecule has 0 spiro atoms. The van der Waals surface area contributed by atoms with Crippen LogP contribution in [0.1, 0.15) is 46.2 Å². The lowest BCUT2D eigenvalue weighted by Crippen LogP contribution is -2.10. The fourth-order valence-electron chi connectivity index (χ4n) is 3.24. The van der Waals surface area contributed by atoms with E-state index in [-0.39, 0.29) is 11.8 Å². The molecule has 0 radical (unpaired) electrons. The van der Waals surface area contributed by atoms with Gasteiger partial charge in [-0.25, -0.2) is 14.2 Å². The average molecular weight is 365 g/mol. The van der Waals surface area contributed by atoms with E-state index in [1.165, 1.54) is 13.2 Å². The Bertz CT molecular complexity index is 1030. The zero-order valence-electron chi connectivity index (χ0n) is 15.3. The Morgan fingerprint density at radius 2 is 2.07 bits per heavy atom. The van der Waals surface area contributed by atoms with Crippen LogP contribution in [-0.4, -0.2) is 23.0 Å². The molecule has 1 fully saturated rings. The number of esters is 1. The van der Waals surface area contributed by atoms with Crippen molar-refractivity contribution >= 4 is 22.6 Å². The van der Waals surface area contributed by atoms with Gasteiger partial charge < -0.3 is 10.1 Å². The summed E-state index contributed by atoms with van der Waals surface area (Å²) in [7, 11) is 1.38. The highest BCUT2D eigenvalue weighted by Gasteiger charge is 2.30. The van der Waals surface area contributed by atoms with Crippen LogP contribution in [0.15, 0.2) is 36.4 Å². The Morgan fingerprint density at radius 3 is 2.81 bits per heavy atom. The van der Waals surface area contributed by atoms with Gasteiger partial charge in [-0.3, -0.25) is 4.98 Å². The van der Waals surface area contributed by atoms with E-state index in [2.05, 4.69) is 15.3 Å². The number of carbonyl (C=O) groups is 1. The highest BCUT2D eigenvalue weighted by Crippen LogP contribution is 2.41. The number of benzene rings is 1. The van der Waals surface area contributed by atoms with E-state index < -0.39 is 0 Å². The first-order valence-corrected chi connectivity index (χ1v) is 8.94. The molecule has 0 amide bonds. The molecule has 1 N–H and O–H groups in total. The zero-order chi connectivity index (χ0) is 19.0. The summed E-state index contributed by atoms with van der Waals surface area (Å²) in [5, 5.41) is 4.07. The largest absolute Gasteiger partial charge is 0.465 e. The number of fused-ring (bicyclic) bond motifs is 1. The molecule has 5 nitrogen and oxygen atoms in total. The fraction of sp³-hybridized carbons (Fsp3) is 0.286. The van der Waals surface area contributed by atoms with Crippen LogP contribution >= 0.6 is 0 Å². The van der Waals surface area contributed by atoms with Crippen molar-refractivity contribution in [2.75, 3.05) is 12.4 Å². The molecule has 4 rings (SSSR count). The van der Waals surface area contributed by atoms with Gasteiger partial charge in [0.25, 0.3) is 0 Å². The van der Waals surface area contributed by atoms with Crippen molar-refractivity contribution in [3.05, 3.63) is 64.9 Å². The van der Waals surface area contributed by atoms with Crippen molar-refractivity contribution < 1.29 is 13.9 Å². The van der Waals surface area contributed by atoms with Gasteiger partial charge >= 0.3 is 5.97 Å². The van der Waals surface area contributed by atoms with Gasteiger partial charge in [0, 0.05) is 22.7 Å². The number of anilines is 1. The number of methoxy groups -OCH3 is 1. The van der Waals surface area contributed by atoms with Gasteiger partial charge in [-0.15, -0.1) is 0 Å². The first-order chi connectivity index (χ1) is 13.1. The van der Waals surface area contributed by atoms with Crippen LogP contribution in [0, 0.1) is 12.7 Å². The molecular weight excluding hydrogens is 345 g/mol. The normalized spacial score (nSPS) is 13.6. The molecule has 1 aliphatic carbocycles. The summed E-state index contributed by atoms with van der Waals surface area (Å²) >= 11 is 0. The van der Waals surface area contributed by atoms with Crippen molar-refractivity contribution in [3.8, 4) is 0 Å². The van der Waals surface area contributed by atoms with E-state index in [1.807, 2.05) is 25.1 Å². The number of carbonyl (C=O) groups excluding carboxylic acids is 1. The van der Waals surface area contributed by atoms with Crippen LogP contribution in [0.25, 0.3) is 10.9 Å². The molecule has 138 valence electrons. The highest BCUT2D eigenvalue weighted by molar-refractivity contribution is 5.92. The summed E-state index contributed by atoms with van der Waals surface area (Å²) in [6.07, 6.45) is 2.09. The number of nitrogens with one attached hydrogen (secondary N) is 1.